The van der Waals surface area contributed by atoms with Gasteiger partial charge in [-0.15, -0.1) is 0 Å². The molecule has 1 heterocycles. The van der Waals surface area contributed by atoms with Crippen molar-refractivity contribution in [3.63, 3.8) is 0 Å². The predicted octanol–water partition coefficient (Wildman–Crippen LogP) is 4.22. The first-order valence-corrected chi connectivity index (χ1v) is 10.3. The molecule has 152 valence electrons. The van der Waals surface area contributed by atoms with Crippen molar-refractivity contribution in [2.75, 3.05) is 33.2 Å². The van der Waals surface area contributed by atoms with Crippen molar-refractivity contribution in [3.05, 3.63) is 35.6 Å². The molecule has 1 saturated heterocycles. The summed E-state index contributed by atoms with van der Waals surface area (Å²) in [5, 5.41) is 9.50. The maximum Gasteiger partial charge on any atom is 0.320 e. The molecule has 1 aromatic carbocycles. The molecule has 2 unspecified atom stereocenters. The van der Waals surface area contributed by atoms with Crippen molar-refractivity contribution >= 4 is 5.97 Å². The molecule has 0 spiro atoms. The molecular weight excluding hydrogens is 343 g/mol. The maximum atomic E-state index is 13.3. The Bertz CT molecular complexity index is 587. The van der Waals surface area contributed by atoms with E-state index >= 15 is 0 Å². The summed E-state index contributed by atoms with van der Waals surface area (Å²) in [6.07, 6.45) is 5.27. The van der Waals surface area contributed by atoms with Crippen molar-refractivity contribution < 1.29 is 14.3 Å². The van der Waals surface area contributed by atoms with Gasteiger partial charge in [-0.1, -0.05) is 45.2 Å². The van der Waals surface area contributed by atoms with E-state index in [0.717, 1.165) is 44.6 Å². The van der Waals surface area contributed by atoms with Crippen LogP contribution >= 0.6 is 0 Å². The first-order chi connectivity index (χ1) is 12.9. The molecule has 0 amide bonds. The normalized spacial score (nSPS) is 21.4. The molecule has 1 N–H and O–H groups in total. The quantitative estimate of drug-likeness (QED) is 0.772. The third kappa shape index (κ3) is 6.58. The van der Waals surface area contributed by atoms with Gasteiger partial charge in [0.2, 0.25) is 0 Å². The monoisotopic (exact) mass is 378 g/mol. The predicted molar refractivity (Wildman–Crippen MR) is 108 cm³/mol. The summed E-state index contributed by atoms with van der Waals surface area (Å²) in [7, 11) is 2.11. The first kappa shape index (κ1) is 21.8. The van der Waals surface area contributed by atoms with Gasteiger partial charge in [-0.2, -0.15) is 0 Å². The summed E-state index contributed by atoms with van der Waals surface area (Å²) in [5.41, 5.74) is 0.991. The molecule has 1 aliphatic heterocycles. The molecule has 1 aromatic rings. The lowest BCUT2D eigenvalue weighted by Gasteiger charge is -2.32. The zero-order chi connectivity index (χ0) is 19.8. The van der Waals surface area contributed by atoms with Crippen LogP contribution in [0.4, 0.5) is 4.39 Å². The molecule has 5 heteroatoms. The summed E-state index contributed by atoms with van der Waals surface area (Å²) >= 11 is 0. The van der Waals surface area contributed by atoms with Crippen molar-refractivity contribution in [2.24, 2.45) is 5.92 Å². The second-order valence-electron chi connectivity index (χ2n) is 7.91. The average molecular weight is 379 g/mol. The SMILES string of the molecule is CCN(C)CC.O=C(O)C(CC1CCC1)N1CCC(c2cccc(F)c2)C1. The second kappa shape index (κ2) is 10.8. The Morgan fingerprint density at radius 3 is 2.48 bits per heavy atom. The van der Waals surface area contributed by atoms with Gasteiger partial charge in [0.05, 0.1) is 0 Å². The van der Waals surface area contributed by atoms with E-state index in [1.807, 2.05) is 6.07 Å². The number of carboxylic acid groups (broad SMARTS) is 1. The van der Waals surface area contributed by atoms with Crippen molar-refractivity contribution in [1.82, 2.24) is 9.80 Å². The zero-order valence-electron chi connectivity index (χ0n) is 17.0. The molecule has 1 saturated carbocycles. The van der Waals surface area contributed by atoms with E-state index in [4.69, 9.17) is 0 Å². The molecule has 3 rings (SSSR count). The topological polar surface area (TPSA) is 43.8 Å². The van der Waals surface area contributed by atoms with Gasteiger partial charge in [-0.3, -0.25) is 9.69 Å². The van der Waals surface area contributed by atoms with Crippen LogP contribution in [-0.2, 0) is 4.79 Å². The Morgan fingerprint density at radius 2 is 2.00 bits per heavy atom. The van der Waals surface area contributed by atoms with E-state index in [2.05, 4.69) is 30.7 Å². The van der Waals surface area contributed by atoms with Crippen LogP contribution in [0.2, 0.25) is 0 Å². The highest BCUT2D eigenvalue weighted by Crippen LogP contribution is 2.35. The van der Waals surface area contributed by atoms with Crippen LogP contribution in [0, 0.1) is 11.7 Å². The first-order valence-electron chi connectivity index (χ1n) is 10.3. The van der Waals surface area contributed by atoms with Crippen LogP contribution in [0.5, 0.6) is 0 Å². The van der Waals surface area contributed by atoms with Gasteiger partial charge in [0.1, 0.15) is 11.9 Å². The lowest BCUT2D eigenvalue weighted by Crippen LogP contribution is -2.41. The van der Waals surface area contributed by atoms with Gasteiger partial charge in [-0.05, 0) is 69.1 Å². The number of hydrogen-bond donors (Lipinski definition) is 1. The number of benzene rings is 1. The van der Waals surface area contributed by atoms with Crippen LogP contribution in [0.1, 0.15) is 57.4 Å². The van der Waals surface area contributed by atoms with E-state index in [1.54, 1.807) is 12.1 Å². The number of carbonyl (C=O) groups is 1. The van der Waals surface area contributed by atoms with E-state index in [9.17, 15) is 14.3 Å². The summed E-state index contributed by atoms with van der Waals surface area (Å²) in [6.45, 7) is 8.16. The number of likely N-dealkylation sites (tertiary alicyclic amines) is 1. The minimum absolute atomic E-state index is 0.213. The summed E-state index contributed by atoms with van der Waals surface area (Å²) in [6, 6.07) is 6.34. The van der Waals surface area contributed by atoms with E-state index in [1.165, 1.54) is 25.3 Å². The van der Waals surface area contributed by atoms with Crippen molar-refractivity contribution in [2.45, 2.75) is 57.9 Å². The third-order valence-corrected chi connectivity index (χ3v) is 6.13. The van der Waals surface area contributed by atoms with Gasteiger partial charge < -0.3 is 10.0 Å². The maximum absolute atomic E-state index is 13.3. The fourth-order valence-electron chi connectivity index (χ4n) is 3.78. The van der Waals surface area contributed by atoms with Crippen LogP contribution in [0.25, 0.3) is 0 Å². The summed E-state index contributed by atoms with van der Waals surface area (Å²) < 4.78 is 13.3. The molecule has 0 bridgehead atoms. The fourth-order valence-corrected chi connectivity index (χ4v) is 3.78. The van der Waals surface area contributed by atoms with E-state index in [0.29, 0.717) is 5.92 Å². The molecule has 1 aliphatic carbocycles. The van der Waals surface area contributed by atoms with Crippen LogP contribution in [0.15, 0.2) is 24.3 Å². The van der Waals surface area contributed by atoms with Gasteiger partial charge in [0.25, 0.3) is 0 Å². The Balaban J connectivity index is 0.000000380. The minimum Gasteiger partial charge on any atom is -0.480 e. The van der Waals surface area contributed by atoms with E-state index in [-0.39, 0.29) is 17.8 Å². The highest BCUT2D eigenvalue weighted by molar-refractivity contribution is 5.73. The number of hydrogen-bond acceptors (Lipinski definition) is 3. The van der Waals surface area contributed by atoms with Gasteiger partial charge in [0.15, 0.2) is 0 Å². The number of carboxylic acids is 1. The lowest BCUT2D eigenvalue weighted by molar-refractivity contribution is -0.143. The highest BCUT2D eigenvalue weighted by Gasteiger charge is 2.35. The lowest BCUT2D eigenvalue weighted by atomic mass is 9.80. The largest absolute Gasteiger partial charge is 0.480 e. The van der Waals surface area contributed by atoms with Gasteiger partial charge in [-0.25, -0.2) is 4.39 Å². The standard InChI is InChI=1S/C17H22FNO2.C5H13N/c18-15-6-2-5-13(10-15)14-7-8-19(11-14)16(17(20)21)9-12-3-1-4-12;1-4-6(3)5-2/h2,5-6,10,12,14,16H,1,3-4,7-9,11H2,(H,20,21);4-5H2,1-3H3. The number of aliphatic carboxylic acids is 1. The van der Waals surface area contributed by atoms with Crippen molar-refractivity contribution in [1.29, 1.82) is 0 Å². The Morgan fingerprint density at radius 1 is 1.30 bits per heavy atom. The molecule has 2 atom stereocenters. The molecular formula is C22H35FN2O2. The number of rotatable bonds is 7. The van der Waals surface area contributed by atoms with Gasteiger partial charge in [0, 0.05) is 6.54 Å². The zero-order valence-corrected chi connectivity index (χ0v) is 17.0. The number of nitrogens with zero attached hydrogens (tertiary/aromatic N) is 2. The minimum atomic E-state index is -0.707. The van der Waals surface area contributed by atoms with E-state index < -0.39 is 5.97 Å². The molecule has 0 radical (unpaired) electrons. The Labute approximate surface area is 163 Å². The van der Waals surface area contributed by atoms with Crippen LogP contribution in [0.3, 0.4) is 0 Å². The highest BCUT2D eigenvalue weighted by atomic mass is 19.1. The molecule has 2 aliphatic rings. The Hall–Kier alpha value is -1.46. The fraction of sp³-hybridized carbons (Fsp3) is 0.682. The number of halogens is 1. The summed E-state index contributed by atoms with van der Waals surface area (Å²) in [4.78, 5) is 15.9. The molecule has 27 heavy (non-hydrogen) atoms. The van der Waals surface area contributed by atoms with Crippen LogP contribution < -0.4 is 0 Å². The molecule has 2 fully saturated rings. The average Bonchev–Trinajstić information content (AvgIpc) is 3.10. The van der Waals surface area contributed by atoms with Crippen LogP contribution in [-0.4, -0.2) is 60.1 Å². The molecule has 0 aromatic heterocycles. The van der Waals surface area contributed by atoms with Crippen molar-refractivity contribution in [3.8, 4) is 0 Å². The Kier molecular flexibility index (Phi) is 8.71. The summed E-state index contributed by atoms with van der Waals surface area (Å²) in [5.74, 6) is -0.0831. The van der Waals surface area contributed by atoms with Gasteiger partial charge >= 0.3 is 5.97 Å². The smallest absolute Gasteiger partial charge is 0.320 e. The molecule has 4 nitrogen and oxygen atoms in total. The second-order valence-corrected chi connectivity index (χ2v) is 7.91. The third-order valence-electron chi connectivity index (χ3n) is 6.13.